The van der Waals surface area contributed by atoms with Crippen LogP contribution in [0.2, 0.25) is 0 Å². The van der Waals surface area contributed by atoms with Gasteiger partial charge in [0, 0.05) is 17.1 Å². The molecule has 0 aliphatic rings. The lowest BCUT2D eigenvalue weighted by Gasteiger charge is -2.32. The van der Waals surface area contributed by atoms with Crippen molar-refractivity contribution in [1.82, 2.24) is 10.2 Å². The third-order valence-electron chi connectivity index (χ3n) is 5.57. The minimum Gasteiger partial charge on any atom is -0.352 e. The van der Waals surface area contributed by atoms with Crippen molar-refractivity contribution in [3.05, 3.63) is 64.1 Å². The summed E-state index contributed by atoms with van der Waals surface area (Å²) in [5, 5.41) is 2.92. The molecule has 0 fully saturated rings. The molecular formula is C24H32BrN3O4S. The van der Waals surface area contributed by atoms with Gasteiger partial charge in [0.15, 0.2) is 0 Å². The second-order valence-electron chi connectivity index (χ2n) is 8.16. The van der Waals surface area contributed by atoms with Crippen LogP contribution in [0.15, 0.2) is 53.0 Å². The lowest BCUT2D eigenvalue weighted by molar-refractivity contribution is -0.139. The number of benzene rings is 2. The standard InChI is InChI=1S/C24H32BrN3O4S/c1-6-18(3)26-24(30)19(4)27(15-20-12-8-7-11-17(20)2)23(29)16-28(33(5,31)32)22-14-10-9-13-21(22)25/h7-14,18-19H,6,15-16H2,1-5H3,(H,26,30)/t18-,19-/m0/s1. The van der Waals surface area contributed by atoms with Gasteiger partial charge < -0.3 is 10.2 Å². The average molecular weight is 539 g/mol. The van der Waals surface area contributed by atoms with E-state index >= 15 is 0 Å². The van der Waals surface area contributed by atoms with Gasteiger partial charge in [0.1, 0.15) is 12.6 Å². The first-order valence-corrected chi connectivity index (χ1v) is 13.5. The van der Waals surface area contributed by atoms with E-state index in [2.05, 4.69) is 21.2 Å². The van der Waals surface area contributed by atoms with E-state index in [0.717, 1.165) is 28.1 Å². The van der Waals surface area contributed by atoms with Crippen molar-refractivity contribution in [3.63, 3.8) is 0 Å². The fourth-order valence-corrected chi connectivity index (χ4v) is 4.75. The first kappa shape index (κ1) is 26.9. The Morgan fingerprint density at radius 3 is 2.24 bits per heavy atom. The van der Waals surface area contributed by atoms with E-state index < -0.39 is 28.5 Å². The summed E-state index contributed by atoms with van der Waals surface area (Å²) in [5.41, 5.74) is 2.23. The summed E-state index contributed by atoms with van der Waals surface area (Å²) in [6, 6.07) is 13.6. The Labute approximate surface area is 205 Å². The predicted octanol–water partition coefficient (Wildman–Crippen LogP) is 3.86. The van der Waals surface area contributed by atoms with Gasteiger partial charge >= 0.3 is 0 Å². The van der Waals surface area contributed by atoms with Crippen LogP contribution in [0.1, 0.15) is 38.3 Å². The number of rotatable bonds is 10. The molecule has 9 heteroatoms. The number of aryl methyl sites for hydroxylation is 1. The molecule has 0 saturated heterocycles. The Balaban J connectivity index is 2.41. The largest absolute Gasteiger partial charge is 0.352 e. The SMILES string of the molecule is CC[C@H](C)NC(=O)[C@H](C)N(Cc1ccccc1C)C(=O)CN(c1ccccc1Br)S(C)(=O)=O. The number of nitrogens with zero attached hydrogens (tertiary/aromatic N) is 2. The van der Waals surface area contributed by atoms with E-state index in [1.807, 2.05) is 45.0 Å². The number of halogens is 1. The summed E-state index contributed by atoms with van der Waals surface area (Å²) in [4.78, 5) is 27.9. The predicted molar refractivity (Wildman–Crippen MR) is 135 cm³/mol. The lowest BCUT2D eigenvalue weighted by Crippen LogP contribution is -2.52. The molecule has 7 nitrogen and oxygen atoms in total. The number of hydrogen-bond donors (Lipinski definition) is 1. The van der Waals surface area contributed by atoms with Crippen molar-refractivity contribution in [1.29, 1.82) is 0 Å². The van der Waals surface area contributed by atoms with Crippen molar-refractivity contribution in [2.24, 2.45) is 0 Å². The number of para-hydroxylation sites is 1. The highest BCUT2D eigenvalue weighted by molar-refractivity contribution is 9.10. The molecule has 0 aliphatic heterocycles. The maximum absolute atomic E-state index is 13.5. The second-order valence-corrected chi connectivity index (χ2v) is 10.9. The molecule has 2 atom stereocenters. The maximum atomic E-state index is 13.5. The Morgan fingerprint density at radius 2 is 1.67 bits per heavy atom. The minimum atomic E-state index is -3.76. The number of anilines is 1. The van der Waals surface area contributed by atoms with Gasteiger partial charge in [-0.05, 0) is 66.4 Å². The number of carbonyl (C=O) groups excluding carboxylic acids is 2. The second kappa shape index (κ2) is 11.7. The molecule has 0 saturated carbocycles. The van der Waals surface area contributed by atoms with Crippen LogP contribution in [-0.2, 0) is 26.2 Å². The van der Waals surface area contributed by atoms with E-state index in [9.17, 15) is 18.0 Å². The summed E-state index contributed by atoms with van der Waals surface area (Å²) >= 11 is 3.37. The van der Waals surface area contributed by atoms with Gasteiger partial charge in [-0.1, -0.05) is 43.3 Å². The zero-order valence-electron chi connectivity index (χ0n) is 19.7. The quantitative estimate of drug-likeness (QED) is 0.498. The Hall–Kier alpha value is -2.39. The first-order valence-electron chi connectivity index (χ1n) is 10.8. The third kappa shape index (κ3) is 7.30. The summed E-state index contributed by atoms with van der Waals surface area (Å²) in [5.74, 6) is -0.746. The maximum Gasteiger partial charge on any atom is 0.244 e. The van der Waals surface area contributed by atoms with Crippen LogP contribution < -0.4 is 9.62 Å². The lowest BCUT2D eigenvalue weighted by atomic mass is 10.1. The molecule has 0 spiro atoms. The topological polar surface area (TPSA) is 86.8 Å². The number of amides is 2. The molecule has 0 bridgehead atoms. The van der Waals surface area contributed by atoms with Gasteiger partial charge in [-0.3, -0.25) is 13.9 Å². The molecule has 180 valence electrons. The highest BCUT2D eigenvalue weighted by Crippen LogP contribution is 2.28. The van der Waals surface area contributed by atoms with Crippen LogP contribution >= 0.6 is 15.9 Å². The molecule has 0 unspecified atom stereocenters. The molecule has 0 aromatic heterocycles. The van der Waals surface area contributed by atoms with E-state index in [-0.39, 0.29) is 18.5 Å². The van der Waals surface area contributed by atoms with Gasteiger partial charge in [0.25, 0.3) is 0 Å². The van der Waals surface area contributed by atoms with Crippen LogP contribution in [0.25, 0.3) is 0 Å². The molecule has 33 heavy (non-hydrogen) atoms. The number of carbonyl (C=O) groups is 2. The molecule has 0 aliphatic carbocycles. The van der Waals surface area contributed by atoms with Crippen molar-refractivity contribution in [2.45, 2.75) is 52.7 Å². The number of nitrogens with one attached hydrogen (secondary N) is 1. The zero-order chi connectivity index (χ0) is 24.8. The highest BCUT2D eigenvalue weighted by Gasteiger charge is 2.31. The van der Waals surface area contributed by atoms with E-state index in [4.69, 9.17) is 0 Å². The minimum absolute atomic E-state index is 0.0387. The van der Waals surface area contributed by atoms with Gasteiger partial charge in [-0.15, -0.1) is 0 Å². The summed E-state index contributed by atoms with van der Waals surface area (Å²) in [6.07, 6.45) is 1.82. The van der Waals surface area contributed by atoms with E-state index in [1.54, 1.807) is 31.2 Å². The fraction of sp³-hybridized carbons (Fsp3) is 0.417. The van der Waals surface area contributed by atoms with E-state index in [1.165, 1.54) is 4.90 Å². The monoisotopic (exact) mass is 537 g/mol. The molecule has 2 aromatic carbocycles. The average Bonchev–Trinajstić information content (AvgIpc) is 2.76. The normalized spacial score (nSPS) is 13.2. The Bertz CT molecular complexity index is 1090. The molecular weight excluding hydrogens is 506 g/mol. The zero-order valence-corrected chi connectivity index (χ0v) is 22.1. The molecule has 2 aromatic rings. The van der Waals surface area contributed by atoms with Gasteiger partial charge in [0.2, 0.25) is 21.8 Å². The first-order chi connectivity index (χ1) is 15.5. The van der Waals surface area contributed by atoms with Crippen molar-refractivity contribution in [2.75, 3.05) is 17.1 Å². The van der Waals surface area contributed by atoms with Crippen LogP contribution in [0.3, 0.4) is 0 Å². The van der Waals surface area contributed by atoms with Crippen LogP contribution in [0, 0.1) is 6.92 Å². The smallest absolute Gasteiger partial charge is 0.244 e. The Morgan fingerprint density at radius 1 is 1.06 bits per heavy atom. The van der Waals surface area contributed by atoms with Crippen LogP contribution in [0.5, 0.6) is 0 Å². The van der Waals surface area contributed by atoms with Crippen molar-refractivity contribution >= 4 is 43.5 Å². The summed E-state index contributed by atoms with van der Waals surface area (Å²) in [7, 11) is -3.76. The van der Waals surface area contributed by atoms with Crippen molar-refractivity contribution < 1.29 is 18.0 Å². The molecule has 1 N–H and O–H groups in total. The molecule has 0 heterocycles. The number of hydrogen-bond acceptors (Lipinski definition) is 4. The van der Waals surface area contributed by atoms with E-state index in [0.29, 0.717) is 10.2 Å². The van der Waals surface area contributed by atoms with Gasteiger partial charge in [0.05, 0.1) is 11.9 Å². The molecule has 2 rings (SSSR count). The number of sulfonamides is 1. The summed E-state index contributed by atoms with van der Waals surface area (Å²) in [6.45, 7) is 7.23. The van der Waals surface area contributed by atoms with Gasteiger partial charge in [-0.25, -0.2) is 8.42 Å². The molecule has 0 radical (unpaired) electrons. The van der Waals surface area contributed by atoms with Crippen molar-refractivity contribution in [3.8, 4) is 0 Å². The molecule has 2 amide bonds. The highest BCUT2D eigenvalue weighted by atomic mass is 79.9. The van der Waals surface area contributed by atoms with Crippen LogP contribution in [0.4, 0.5) is 5.69 Å². The third-order valence-corrected chi connectivity index (χ3v) is 7.37. The van der Waals surface area contributed by atoms with Gasteiger partial charge in [-0.2, -0.15) is 0 Å². The Kier molecular flexibility index (Phi) is 9.48. The summed E-state index contributed by atoms with van der Waals surface area (Å²) < 4.78 is 26.8. The van der Waals surface area contributed by atoms with Crippen LogP contribution in [-0.4, -0.2) is 50.0 Å². The fourth-order valence-electron chi connectivity index (χ4n) is 3.27.